The van der Waals surface area contributed by atoms with E-state index in [0.29, 0.717) is 13.0 Å². The second kappa shape index (κ2) is 7.84. The number of hydrogen-bond acceptors (Lipinski definition) is 3. The van der Waals surface area contributed by atoms with Crippen molar-refractivity contribution >= 4 is 17.7 Å². The molecule has 0 aromatic heterocycles. The summed E-state index contributed by atoms with van der Waals surface area (Å²) in [5, 5.41) is 11.0. The summed E-state index contributed by atoms with van der Waals surface area (Å²) < 4.78 is 0. The molecule has 1 atom stereocenters. The largest absolute Gasteiger partial charge is 0.481 e. The standard InChI is InChI=1S/C11H19NO4/c1-3-7-12-11(16)8(2)9(13)5-4-6-10(14)15/h8H,3-7H2,1-2H3,(H,12,16)(H,14,15). The third kappa shape index (κ3) is 6.16. The minimum absolute atomic E-state index is 0.0327. The molecule has 0 aliphatic rings. The Bertz CT molecular complexity index is 263. The molecule has 0 radical (unpaired) electrons. The Kier molecular flexibility index (Phi) is 7.16. The molecule has 0 heterocycles. The van der Waals surface area contributed by atoms with Crippen molar-refractivity contribution in [1.29, 1.82) is 0 Å². The lowest BCUT2D eigenvalue weighted by atomic mass is 10.0. The molecule has 5 nitrogen and oxygen atoms in total. The second-order valence-electron chi connectivity index (χ2n) is 3.73. The molecule has 1 amide bonds. The molecule has 0 saturated carbocycles. The van der Waals surface area contributed by atoms with Crippen LogP contribution in [0.1, 0.15) is 39.5 Å². The van der Waals surface area contributed by atoms with Crippen molar-refractivity contribution in [2.75, 3.05) is 6.54 Å². The van der Waals surface area contributed by atoms with Crippen molar-refractivity contribution in [1.82, 2.24) is 5.32 Å². The fraction of sp³-hybridized carbons (Fsp3) is 0.727. The normalized spacial score (nSPS) is 11.9. The van der Waals surface area contributed by atoms with Gasteiger partial charge in [0.15, 0.2) is 0 Å². The molecule has 5 heteroatoms. The molecular weight excluding hydrogens is 210 g/mol. The number of carboxylic acid groups (broad SMARTS) is 1. The first-order valence-electron chi connectivity index (χ1n) is 5.51. The van der Waals surface area contributed by atoms with Crippen LogP contribution in [0.15, 0.2) is 0 Å². The maximum absolute atomic E-state index is 11.5. The van der Waals surface area contributed by atoms with Crippen LogP contribution in [0.5, 0.6) is 0 Å². The fourth-order valence-corrected chi connectivity index (χ4v) is 1.18. The van der Waals surface area contributed by atoms with Crippen molar-refractivity contribution in [2.24, 2.45) is 5.92 Å². The van der Waals surface area contributed by atoms with E-state index in [1.165, 1.54) is 0 Å². The number of rotatable bonds is 8. The molecule has 0 spiro atoms. The molecule has 0 saturated heterocycles. The number of carboxylic acids is 1. The van der Waals surface area contributed by atoms with E-state index < -0.39 is 11.9 Å². The van der Waals surface area contributed by atoms with E-state index in [9.17, 15) is 14.4 Å². The highest BCUT2D eigenvalue weighted by atomic mass is 16.4. The molecule has 16 heavy (non-hydrogen) atoms. The van der Waals surface area contributed by atoms with Crippen molar-refractivity contribution in [3.63, 3.8) is 0 Å². The molecule has 0 bridgehead atoms. The number of aliphatic carboxylic acids is 1. The highest BCUT2D eigenvalue weighted by Gasteiger charge is 2.20. The molecule has 92 valence electrons. The van der Waals surface area contributed by atoms with Gasteiger partial charge in [0.2, 0.25) is 5.91 Å². The average molecular weight is 229 g/mol. The van der Waals surface area contributed by atoms with Crippen LogP contribution < -0.4 is 5.32 Å². The second-order valence-corrected chi connectivity index (χ2v) is 3.73. The quantitative estimate of drug-likeness (QED) is 0.607. The summed E-state index contributed by atoms with van der Waals surface area (Å²) in [6.45, 7) is 4.04. The third-order valence-corrected chi connectivity index (χ3v) is 2.24. The minimum atomic E-state index is -0.920. The Labute approximate surface area is 95.2 Å². The molecule has 0 fully saturated rings. The minimum Gasteiger partial charge on any atom is -0.481 e. The van der Waals surface area contributed by atoms with Gasteiger partial charge in [0.05, 0.1) is 5.92 Å². The third-order valence-electron chi connectivity index (χ3n) is 2.24. The fourth-order valence-electron chi connectivity index (χ4n) is 1.18. The van der Waals surface area contributed by atoms with Crippen LogP contribution in [0.4, 0.5) is 0 Å². The molecule has 2 N–H and O–H groups in total. The predicted molar refractivity (Wildman–Crippen MR) is 59.0 cm³/mol. The number of nitrogens with one attached hydrogen (secondary N) is 1. The van der Waals surface area contributed by atoms with Crippen LogP contribution in [0, 0.1) is 5.92 Å². The Morgan fingerprint density at radius 1 is 1.25 bits per heavy atom. The van der Waals surface area contributed by atoms with Gasteiger partial charge in [-0.2, -0.15) is 0 Å². The van der Waals surface area contributed by atoms with Gasteiger partial charge >= 0.3 is 5.97 Å². The van der Waals surface area contributed by atoms with Gasteiger partial charge in [-0.25, -0.2) is 0 Å². The summed E-state index contributed by atoms with van der Waals surface area (Å²) in [4.78, 5) is 33.1. The van der Waals surface area contributed by atoms with E-state index in [2.05, 4.69) is 5.32 Å². The van der Waals surface area contributed by atoms with Crippen LogP contribution >= 0.6 is 0 Å². The van der Waals surface area contributed by atoms with E-state index in [-0.39, 0.29) is 24.5 Å². The van der Waals surface area contributed by atoms with Crippen molar-refractivity contribution in [2.45, 2.75) is 39.5 Å². The smallest absolute Gasteiger partial charge is 0.303 e. The Morgan fingerprint density at radius 3 is 2.38 bits per heavy atom. The molecule has 0 aliphatic carbocycles. The van der Waals surface area contributed by atoms with Crippen LogP contribution in [-0.4, -0.2) is 29.3 Å². The number of carbonyl (C=O) groups excluding carboxylic acids is 2. The lowest BCUT2D eigenvalue weighted by Crippen LogP contribution is -2.34. The van der Waals surface area contributed by atoms with Gasteiger partial charge < -0.3 is 10.4 Å². The average Bonchev–Trinajstić information content (AvgIpc) is 2.24. The maximum atomic E-state index is 11.5. The summed E-state index contributed by atoms with van der Waals surface area (Å²) in [6.07, 6.45) is 1.23. The van der Waals surface area contributed by atoms with Gasteiger partial charge in [-0.3, -0.25) is 14.4 Å². The zero-order chi connectivity index (χ0) is 12.6. The van der Waals surface area contributed by atoms with Crippen LogP contribution in [-0.2, 0) is 14.4 Å². The summed E-state index contributed by atoms with van der Waals surface area (Å²) in [5.74, 6) is -2.08. The highest BCUT2D eigenvalue weighted by Crippen LogP contribution is 2.05. The first-order chi connectivity index (χ1) is 7.49. The van der Waals surface area contributed by atoms with Gasteiger partial charge in [0, 0.05) is 19.4 Å². The molecular formula is C11H19NO4. The molecule has 0 aromatic carbocycles. The van der Waals surface area contributed by atoms with Crippen LogP contribution in [0.25, 0.3) is 0 Å². The summed E-state index contributed by atoms with van der Waals surface area (Å²) in [7, 11) is 0. The number of amides is 1. The van der Waals surface area contributed by atoms with E-state index in [1.807, 2.05) is 6.92 Å². The van der Waals surface area contributed by atoms with Crippen molar-refractivity contribution < 1.29 is 19.5 Å². The van der Waals surface area contributed by atoms with E-state index in [0.717, 1.165) is 6.42 Å². The molecule has 1 unspecified atom stereocenters. The van der Waals surface area contributed by atoms with E-state index in [1.54, 1.807) is 6.92 Å². The van der Waals surface area contributed by atoms with E-state index >= 15 is 0 Å². The summed E-state index contributed by atoms with van der Waals surface area (Å²) in [5.41, 5.74) is 0. The SMILES string of the molecule is CCCNC(=O)C(C)C(=O)CCCC(=O)O. The zero-order valence-electron chi connectivity index (χ0n) is 9.78. The number of carbonyl (C=O) groups is 3. The van der Waals surface area contributed by atoms with Gasteiger partial charge in [0.1, 0.15) is 5.78 Å². The molecule has 0 aromatic rings. The van der Waals surface area contributed by atoms with Gasteiger partial charge in [0.25, 0.3) is 0 Å². The molecule has 0 aliphatic heterocycles. The van der Waals surface area contributed by atoms with Crippen molar-refractivity contribution in [3.05, 3.63) is 0 Å². The monoisotopic (exact) mass is 229 g/mol. The lowest BCUT2D eigenvalue weighted by Gasteiger charge is -2.10. The Hall–Kier alpha value is -1.39. The Morgan fingerprint density at radius 2 is 1.88 bits per heavy atom. The van der Waals surface area contributed by atoms with Gasteiger partial charge in [-0.1, -0.05) is 6.92 Å². The molecule has 0 rings (SSSR count). The summed E-state index contributed by atoms with van der Waals surface area (Å²) >= 11 is 0. The first-order valence-corrected chi connectivity index (χ1v) is 5.51. The topological polar surface area (TPSA) is 83.5 Å². The van der Waals surface area contributed by atoms with Gasteiger partial charge in [-0.05, 0) is 19.8 Å². The predicted octanol–water partition coefficient (Wildman–Crippen LogP) is 0.973. The zero-order valence-corrected chi connectivity index (χ0v) is 9.78. The number of Topliss-reactive ketones (excluding diaryl/α,β-unsaturated/α-hetero) is 1. The maximum Gasteiger partial charge on any atom is 0.303 e. The number of hydrogen-bond donors (Lipinski definition) is 2. The van der Waals surface area contributed by atoms with E-state index in [4.69, 9.17) is 5.11 Å². The van der Waals surface area contributed by atoms with Crippen molar-refractivity contribution in [3.8, 4) is 0 Å². The Balaban J connectivity index is 3.88. The lowest BCUT2D eigenvalue weighted by molar-refractivity contribution is -0.137. The van der Waals surface area contributed by atoms with Crippen LogP contribution in [0.3, 0.4) is 0 Å². The highest BCUT2D eigenvalue weighted by molar-refractivity contribution is 6.00. The van der Waals surface area contributed by atoms with Crippen LogP contribution in [0.2, 0.25) is 0 Å². The first kappa shape index (κ1) is 14.6. The summed E-state index contributed by atoms with van der Waals surface area (Å²) in [6, 6.07) is 0. The number of ketones is 1. The van der Waals surface area contributed by atoms with Gasteiger partial charge in [-0.15, -0.1) is 0 Å².